The van der Waals surface area contributed by atoms with Gasteiger partial charge in [0.15, 0.2) is 0 Å². The predicted molar refractivity (Wildman–Crippen MR) is 109 cm³/mol. The van der Waals surface area contributed by atoms with Crippen LogP contribution in [-0.2, 0) is 0 Å². The molecule has 0 atom stereocenters. The number of rotatable bonds is 2. The van der Waals surface area contributed by atoms with E-state index in [1.54, 1.807) is 42.5 Å². The van der Waals surface area contributed by atoms with Gasteiger partial charge in [-0.3, -0.25) is 9.59 Å². The molecule has 4 rings (SSSR count). The summed E-state index contributed by atoms with van der Waals surface area (Å²) in [6, 6.07) is 15.5. The number of hydrogen-bond donors (Lipinski definition) is 1. The van der Waals surface area contributed by atoms with E-state index in [2.05, 4.69) is 5.32 Å². The van der Waals surface area contributed by atoms with E-state index in [4.69, 9.17) is 16.0 Å². The highest BCUT2D eigenvalue weighted by Gasteiger charge is 2.12. The fourth-order valence-electron chi connectivity index (χ4n) is 3.19. The Bertz CT molecular complexity index is 1260. The van der Waals surface area contributed by atoms with Crippen molar-refractivity contribution in [3.8, 4) is 0 Å². The minimum atomic E-state index is -0.263. The third-order valence-corrected chi connectivity index (χ3v) is 4.72. The van der Waals surface area contributed by atoms with Gasteiger partial charge in [0.2, 0.25) is 5.43 Å². The summed E-state index contributed by atoms with van der Waals surface area (Å²) in [7, 11) is 0. The van der Waals surface area contributed by atoms with Gasteiger partial charge < -0.3 is 9.73 Å². The van der Waals surface area contributed by atoms with Crippen molar-refractivity contribution in [2.24, 2.45) is 0 Å². The predicted octanol–water partition coefficient (Wildman–Crippen LogP) is 5.47. The molecule has 134 valence electrons. The van der Waals surface area contributed by atoms with Gasteiger partial charge >= 0.3 is 0 Å². The second kappa shape index (κ2) is 6.56. The molecule has 1 amide bonds. The summed E-state index contributed by atoms with van der Waals surface area (Å²) in [6.45, 7) is 3.86. The lowest BCUT2D eigenvalue weighted by atomic mass is 10.1. The molecule has 27 heavy (non-hydrogen) atoms. The van der Waals surface area contributed by atoms with E-state index in [-0.39, 0.29) is 11.3 Å². The van der Waals surface area contributed by atoms with Crippen molar-refractivity contribution < 1.29 is 9.21 Å². The highest BCUT2D eigenvalue weighted by molar-refractivity contribution is 6.30. The Labute approximate surface area is 160 Å². The van der Waals surface area contributed by atoms with Crippen molar-refractivity contribution in [1.29, 1.82) is 0 Å². The van der Waals surface area contributed by atoms with E-state index in [1.165, 1.54) is 0 Å². The number of hydrogen-bond acceptors (Lipinski definition) is 3. The van der Waals surface area contributed by atoms with Gasteiger partial charge in [-0.15, -0.1) is 0 Å². The summed E-state index contributed by atoms with van der Waals surface area (Å²) in [5, 5.41) is 4.43. The van der Waals surface area contributed by atoms with Gasteiger partial charge in [-0.1, -0.05) is 17.7 Å². The average molecular weight is 378 g/mol. The summed E-state index contributed by atoms with van der Waals surface area (Å²) < 4.78 is 5.99. The van der Waals surface area contributed by atoms with Crippen LogP contribution in [-0.4, -0.2) is 5.91 Å². The van der Waals surface area contributed by atoms with E-state index >= 15 is 0 Å². The Balaban J connectivity index is 1.78. The number of aryl methyl sites for hydroxylation is 2. The topological polar surface area (TPSA) is 59.3 Å². The van der Waals surface area contributed by atoms with Crippen LogP contribution < -0.4 is 10.7 Å². The van der Waals surface area contributed by atoms with Gasteiger partial charge in [-0.05, 0) is 67.4 Å². The van der Waals surface area contributed by atoms with Gasteiger partial charge in [-0.2, -0.15) is 0 Å². The molecule has 0 aliphatic heterocycles. The number of fused-ring (bicyclic) bond motifs is 2. The van der Waals surface area contributed by atoms with E-state index in [1.807, 2.05) is 26.0 Å². The summed E-state index contributed by atoms with van der Waals surface area (Å²) in [6.07, 6.45) is 0. The van der Waals surface area contributed by atoms with E-state index in [0.717, 1.165) is 11.1 Å². The zero-order valence-corrected chi connectivity index (χ0v) is 15.6. The molecule has 5 heteroatoms. The van der Waals surface area contributed by atoms with E-state index in [9.17, 15) is 9.59 Å². The quantitative estimate of drug-likeness (QED) is 0.471. The third kappa shape index (κ3) is 3.20. The Morgan fingerprint density at radius 1 is 0.963 bits per heavy atom. The van der Waals surface area contributed by atoms with Gasteiger partial charge in [0.05, 0.1) is 10.8 Å². The molecule has 0 unspecified atom stereocenters. The fraction of sp³-hybridized carbons (Fsp3) is 0.0909. The minimum absolute atomic E-state index is 0.0753. The Hall–Kier alpha value is -3.11. The minimum Gasteiger partial charge on any atom is -0.455 e. The molecule has 0 aliphatic rings. The van der Waals surface area contributed by atoms with Gasteiger partial charge in [0, 0.05) is 22.3 Å². The first kappa shape index (κ1) is 17.3. The number of nitrogens with one attached hydrogen (secondary N) is 1. The lowest BCUT2D eigenvalue weighted by Crippen LogP contribution is -2.12. The Morgan fingerprint density at radius 3 is 2.44 bits per heavy atom. The number of benzene rings is 3. The van der Waals surface area contributed by atoms with Gasteiger partial charge in [-0.25, -0.2) is 0 Å². The molecule has 4 aromatic rings. The monoisotopic (exact) mass is 377 g/mol. The molecule has 0 bridgehead atoms. The molecule has 0 saturated carbocycles. The van der Waals surface area contributed by atoms with Crippen LogP contribution >= 0.6 is 11.6 Å². The van der Waals surface area contributed by atoms with Gasteiger partial charge in [0.1, 0.15) is 11.2 Å². The van der Waals surface area contributed by atoms with Crippen molar-refractivity contribution in [1.82, 2.24) is 0 Å². The molecule has 0 saturated heterocycles. The molecule has 1 N–H and O–H groups in total. The van der Waals surface area contributed by atoms with Crippen LogP contribution in [0.5, 0.6) is 0 Å². The number of carbonyl (C=O) groups is 1. The SMILES string of the molecule is Cc1cc(C)c2oc3cc(NC(=O)c4ccc(Cl)cc4)ccc3c(=O)c2c1. The van der Waals surface area contributed by atoms with Crippen molar-refractivity contribution in [3.05, 3.63) is 86.5 Å². The zero-order chi connectivity index (χ0) is 19.1. The summed E-state index contributed by atoms with van der Waals surface area (Å²) in [4.78, 5) is 25.2. The maximum absolute atomic E-state index is 12.8. The molecular formula is C22H16ClNO3. The van der Waals surface area contributed by atoms with Crippen molar-refractivity contribution in [2.75, 3.05) is 5.32 Å². The summed E-state index contributed by atoms with van der Waals surface area (Å²) in [5.74, 6) is -0.263. The van der Waals surface area contributed by atoms with Crippen molar-refractivity contribution in [3.63, 3.8) is 0 Å². The van der Waals surface area contributed by atoms with Crippen LogP contribution in [0.4, 0.5) is 5.69 Å². The molecule has 0 spiro atoms. The van der Waals surface area contributed by atoms with Crippen LogP contribution in [0.1, 0.15) is 21.5 Å². The molecule has 0 aliphatic carbocycles. The molecule has 4 nitrogen and oxygen atoms in total. The molecule has 0 fully saturated rings. The number of amides is 1. The summed E-state index contributed by atoms with van der Waals surface area (Å²) >= 11 is 5.85. The highest BCUT2D eigenvalue weighted by Crippen LogP contribution is 2.25. The van der Waals surface area contributed by atoms with Crippen LogP contribution in [0.3, 0.4) is 0 Å². The zero-order valence-electron chi connectivity index (χ0n) is 14.8. The second-order valence-electron chi connectivity index (χ2n) is 6.56. The molecule has 3 aromatic carbocycles. The van der Waals surface area contributed by atoms with E-state index < -0.39 is 0 Å². The first-order valence-corrected chi connectivity index (χ1v) is 8.85. The number of halogens is 1. The largest absolute Gasteiger partial charge is 0.455 e. The lowest BCUT2D eigenvalue weighted by Gasteiger charge is -2.08. The maximum Gasteiger partial charge on any atom is 0.255 e. The van der Waals surface area contributed by atoms with E-state index in [0.29, 0.717) is 38.2 Å². The first-order chi connectivity index (χ1) is 12.9. The van der Waals surface area contributed by atoms with Crippen LogP contribution in [0, 0.1) is 13.8 Å². The number of carbonyl (C=O) groups excluding carboxylic acids is 1. The Kier molecular flexibility index (Phi) is 4.21. The molecule has 1 aromatic heterocycles. The average Bonchev–Trinajstić information content (AvgIpc) is 2.63. The van der Waals surface area contributed by atoms with Crippen molar-refractivity contribution >= 4 is 45.1 Å². The lowest BCUT2D eigenvalue weighted by molar-refractivity contribution is 0.102. The molecule has 1 heterocycles. The first-order valence-electron chi connectivity index (χ1n) is 8.47. The van der Waals surface area contributed by atoms with Gasteiger partial charge in [0.25, 0.3) is 5.91 Å². The van der Waals surface area contributed by atoms with Crippen molar-refractivity contribution in [2.45, 2.75) is 13.8 Å². The van der Waals surface area contributed by atoms with Crippen LogP contribution in [0.2, 0.25) is 5.02 Å². The number of anilines is 1. The van der Waals surface area contributed by atoms with Crippen LogP contribution in [0.25, 0.3) is 21.9 Å². The smallest absolute Gasteiger partial charge is 0.255 e. The maximum atomic E-state index is 12.8. The van der Waals surface area contributed by atoms with Crippen LogP contribution in [0.15, 0.2) is 63.8 Å². The fourth-order valence-corrected chi connectivity index (χ4v) is 3.32. The second-order valence-corrected chi connectivity index (χ2v) is 7.00. The molecular weight excluding hydrogens is 362 g/mol. The molecule has 0 radical (unpaired) electrons. The normalized spacial score (nSPS) is 11.1. The third-order valence-electron chi connectivity index (χ3n) is 4.47. The summed E-state index contributed by atoms with van der Waals surface area (Å²) in [5.41, 5.74) is 3.89. The Morgan fingerprint density at radius 2 is 1.70 bits per heavy atom. The highest BCUT2D eigenvalue weighted by atomic mass is 35.5. The standard InChI is InChI=1S/C22H16ClNO3/c1-12-9-13(2)21-18(10-12)20(25)17-8-7-16(11-19(17)27-21)24-22(26)14-3-5-15(23)6-4-14/h3-11H,1-2H3,(H,24,26).